The van der Waals surface area contributed by atoms with Crippen LogP contribution in [0.3, 0.4) is 0 Å². The summed E-state index contributed by atoms with van der Waals surface area (Å²) in [5, 5.41) is 0. The van der Waals surface area contributed by atoms with Crippen LogP contribution in [0.15, 0.2) is 24.3 Å². The molecule has 21 heavy (non-hydrogen) atoms. The van der Waals surface area contributed by atoms with Gasteiger partial charge in [-0.05, 0) is 38.1 Å². The number of likely N-dealkylation sites (tertiary alicyclic amines) is 1. The summed E-state index contributed by atoms with van der Waals surface area (Å²) in [7, 11) is 0. The summed E-state index contributed by atoms with van der Waals surface area (Å²) in [5.74, 6) is 0.224. The van der Waals surface area contributed by atoms with Crippen LogP contribution in [0.25, 0.3) is 0 Å². The van der Waals surface area contributed by atoms with E-state index in [1.807, 2.05) is 17.9 Å². The van der Waals surface area contributed by atoms with Gasteiger partial charge in [0, 0.05) is 32.6 Å². The molecule has 0 spiro atoms. The van der Waals surface area contributed by atoms with Gasteiger partial charge in [0.05, 0.1) is 11.4 Å². The summed E-state index contributed by atoms with van der Waals surface area (Å²) >= 11 is 0. The van der Waals surface area contributed by atoms with Gasteiger partial charge in [0.25, 0.3) is 0 Å². The molecule has 0 N–H and O–H groups in total. The molecule has 0 bridgehead atoms. The molecular weight excluding hydrogens is 262 g/mol. The van der Waals surface area contributed by atoms with E-state index in [1.165, 1.54) is 31.6 Å². The third kappa shape index (κ3) is 3.05. The second-order valence-electron chi connectivity index (χ2n) is 5.92. The Morgan fingerprint density at radius 2 is 1.71 bits per heavy atom. The predicted molar refractivity (Wildman–Crippen MR) is 87.0 cm³/mol. The molecule has 114 valence electrons. The number of carbonyl (C=O) groups is 1. The molecule has 0 aliphatic carbocycles. The highest BCUT2D eigenvalue weighted by atomic mass is 16.2. The largest absolute Gasteiger partial charge is 0.367 e. The number of para-hydroxylation sites is 2. The van der Waals surface area contributed by atoms with E-state index >= 15 is 0 Å². The maximum absolute atomic E-state index is 12.1. The lowest BCUT2D eigenvalue weighted by molar-refractivity contribution is -0.118. The van der Waals surface area contributed by atoms with Crippen LogP contribution in [-0.4, -0.2) is 50.1 Å². The minimum atomic E-state index is 0.224. The Morgan fingerprint density at radius 3 is 2.43 bits per heavy atom. The lowest BCUT2D eigenvalue weighted by Crippen LogP contribution is -2.46. The molecule has 4 heteroatoms. The van der Waals surface area contributed by atoms with E-state index in [9.17, 15) is 4.79 Å². The minimum Gasteiger partial charge on any atom is -0.367 e. The maximum atomic E-state index is 12.1. The van der Waals surface area contributed by atoms with E-state index < -0.39 is 0 Å². The van der Waals surface area contributed by atoms with Crippen molar-refractivity contribution in [1.82, 2.24) is 4.90 Å². The van der Waals surface area contributed by atoms with Gasteiger partial charge in [-0.25, -0.2) is 0 Å². The molecule has 0 saturated carbocycles. The average molecular weight is 287 g/mol. The summed E-state index contributed by atoms with van der Waals surface area (Å²) in [6.07, 6.45) is 3.26. The van der Waals surface area contributed by atoms with E-state index in [0.717, 1.165) is 31.9 Å². The smallest absolute Gasteiger partial charge is 0.226 e. The highest BCUT2D eigenvalue weighted by Crippen LogP contribution is 2.33. The summed E-state index contributed by atoms with van der Waals surface area (Å²) in [6.45, 7) is 8.37. The second kappa shape index (κ2) is 6.48. The maximum Gasteiger partial charge on any atom is 0.226 e. The highest BCUT2D eigenvalue weighted by molar-refractivity contribution is 5.97. The van der Waals surface area contributed by atoms with Crippen molar-refractivity contribution in [2.45, 2.75) is 26.2 Å². The highest BCUT2D eigenvalue weighted by Gasteiger charge is 2.25. The molecule has 3 rings (SSSR count). The molecule has 0 unspecified atom stereocenters. The molecule has 2 aliphatic heterocycles. The Balaban J connectivity index is 1.72. The van der Waals surface area contributed by atoms with Crippen LogP contribution >= 0.6 is 0 Å². The fourth-order valence-electron chi connectivity index (χ4n) is 3.37. The monoisotopic (exact) mass is 287 g/mol. The number of nitrogens with zero attached hydrogens (tertiary/aromatic N) is 3. The van der Waals surface area contributed by atoms with Gasteiger partial charge in [0.2, 0.25) is 5.91 Å². The normalized spacial score (nSPS) is 18.9. The van der Waals surface area contributed by atoms with Crippen molar-refractivity contribution >= 4 is 17.3 Å². The Kier molecular flexibility index (Phi) is 4.44. The average Bonchev–Trinajstić information content (AvgIpc) is 3.05. The Morgan fingerprint density at radius 1 is 1.00 bits per heavy atom. The molecule has 1 aromatic carbocycles. The zero-order chi connectivity index (χ0) is 14.7. The fourth-order valence-corrected chi connectivity index (χ4v) is 3.37. The standard InChI is InChI=1S/C17H25N3O/c1-2-17(21)20-14-13-19(12-11-18-9-5-6-10-18)15-7-3-4-8-16(15)20/h3-4,7-8H,2,5-6,9-14H2,1H3. The quantitative estimate of drug-likeness (QED) is 0.850. The number of rotatable bonds is 4. The van der Waals surface area contributed by atoms with Crippen molar-refractivity contribution in [1.29, 1.82) is 0 Å². The zero-order valence-electron chi connectivity index (χ0n) is 12.9. The molecule has 4 nitrogen and oxygen atoms in total. The number of anilines is 2. The topological polar surface area (TPSA) is 26.8 Å². The molecule has 2 aliphatic rings. The molecular formula is C17H25N3O. The van der Waals surface area contributed by atoms with Crippen LogP contribution in [0.2, 0.25) is 0 Å². The van der Waals surface area contributed by atoms with Crippen LogP contribution in [0, 0.1) is 0 Å². The molecule has 0 aromatic heterocycles. The fraction of sp³-hybridized carbons (Fsp3) is 0.588. The van der Waals surface area contributed by atoms with Gasteiger partial charge in [-0.15, -0.1) is 0 Å². The minimum absolute atomic E-state index is 0.224. The van der Waals surface area contributed by atoms with Gasteiger partial charge >= 0.3 is 0 Å². The SMILES string of the molecule is CCC(=O)N1CCN(CCN2CCCC2)c2ccccc21. The van der Waals surface area contributed by atoms with Crippen molar-refractivity contribution in [3.05, 3.63) is 24.3 Å². The molecule has 1 aromatic rings. The Bertz CT molecular complexity index is 497. The van der Waals surface area contributed by atoms with Crippen molar-refractivity contribution in [3.63, 3.8) is 0 Å². The summed E-state index contributed by atoms with van der Waals surface area (Å²) < 4.78 is 0. The third-order valence-electron chi connectivity index (χ3n) is 4.60. The second-order valence-corrected chi connectivity index (χ2v) is 5.92. The van der Waals surface area contributed by atoms with E-state index in [2.05, 4.69) is 28.0 Å². The van der Waals surface area contributed by atoms with Gasteiger partial charge in [-0.2, -0.15) is 0 Å². The van der Waals surface area contributed by atoms with Crippen LogP contribution in [0.1, 0.15) is 26.2 Å². The van der Waals surface area contributed by atoms with Crippen molar-refractivity contribution in [3.8, 4) is 0 Å². The molecule has 1 fully saturated rings. The molecule has 0 atom stereocenters. The molecule has 2 heterocycles. The summed E-state index contributed by atoms with van der Waals surface area (Å²) in [6, 6.07) is 8.32. The van der Waals surface area contributed by atoms with E-state index in [-0.39, 0.29) is 5.91 Å². The first-order valence-electron chi connectivity index (χ1n) is 8.16. The number of benzene rings is 1. The zero-order valence-corrected chi connectivity index (χ0v) is 12.9. The van der Waals surface area contributed by atoms with Crippen LogP contribution < -0.4 is 9.80 Å². The van der Waals surface area contributed by atoms with E-state index in [0.29, 0.717) is 6.42 Å². The number of hydrogen-bond donors (Lipinski definition) is 0. The van der Waals surface area contributed by atoms with Crippen LogP contribution in [0.5, 0.6) is 0 Å². The molecule has 0 radical (unpaired) electrons. The Hall–Kier alpha value is -1.55. The van der Waals surface area contributed by atoms with E-state index in [1.54, 1.807) is 0 Å². The molecule has 1 amide bonds. The summed E-state index contributed by atoms with van der Waals surface area (Å²) in [4.78, 5) is 19.0. The summed E-state index contributed by atoms with van der Waals surface area (Å²) in [5.41, 5.74) is 2.29. The van der Waals surface area contributed by atoms with Crippen LogP contribution in [0.4, 0.5) is 11.4 Å². The van der Waals surface area contributed by atoms with E-state index in [4.69, 9.17) is 0 Å². The molecule has 1 saturated heterocycles. The van der Waals surface area contributed by atoms with Gasteiger partial charge in [-0.3, -0.25) is 4.79 Å². The van der Waals surface area contributed by atoms with Gasteiger partial charge in [0.15, 0.2) is 0 Å². The van der Waals surface area contributed by atoms with Gasteiger partial charge in [-0.1, -0.05) is 19.1 Å². The van der Waals surface area contributed by atoms with Crippen molar-refractivity contribution < 1.29 is 4.79 Å². The Labute approximate surface area is 127 Å². The lowest BCUT2D eigenvalue weighted by Gasteiger charge is -2.38. The van der Waals surface area contributed by atoms with Crippen LogP contribution in [-0.2, 0) is 4.79 Å². The number of carbonyl (C=O) groups excluding carboxylic acids is 1. The number of fused-ring (bicyclic) bond motifs is 1. The van der Waals surface area contributed by atoms with Crippen molar-refractivity contribution in [2.75, 3.05) is 49.1 Å². The van der Waals surface area contributed by atoms with Crippen molar-refractivity contribution in [2.24, 2.45) is 0 Å². The first-order valence-corrected chi connectivity index (χ1v) is 8.16. The first-order chi connectivity index (χ1) is 10.3. The first kappa shape index (κ1) is 14.4. The third-order valence-corrected chi connectivity index (χ3v) is 4.60. The lowest BCUT2D eigenvalue weighted by atomic mass is 10.1. The number of amides is 1. The van der Waals surface area contributed by atoms with Gasteiger partial charge in [0.1, 0.15) is 0 Å². The van der Waals surface area contributed by atoms with Gasteiger partial charge < -0.3 is 14.7 Å². The predicted octanol–water partition coefficient (Wildman–Crippen LogP) is 2.35. The number of hydrogen-bond acceptors (Lipinski definition) is 3.